The summed E-state index contributed by atoms with van der Waals surface area (Å²) in [6.07, 6.45) is 3.07. The molecule has 79 valence electrons. The van der Waals surface area contributed by atoms with Gasteiger partial charge in [-0.15, -0.1) is 0 Å². The minimum absolute atomic E-state index is 0.160. The Kier molecular flexibility index (Phi) is 2.51. The fourth-order valence-electron chi connectivity index (χ4n) is 2.43. The van der Waals surface area contributed by atoms with Crippen LogP contribution in [0, 0.1) is 12.0 Å². The van der Waals surface area contributed by atoms with Gasteiger partial charge in [-0.2, -0.15) is 0 Å². The lowest BCUT2D eigenvalue weighted by molar-refractivity contribution is -0.145. The Balaban J connectivity index is 2.34. The van der Waals surface area contributed by atoms with Crippen molar-refractivity contribution in [1.29, 1.82) is 0 Å². The highest BCUT2D eigenvalue weighted by atomic mass is 16.4. The lowest BCUT2D eigenvalue weighted by atomic mass is 9.58. The van der Waals surface area contributed by atoms with Crippen molar-refractivity contribution < 1.29 is 9.90 Å². The van der Waals surface area contributed by atoms with Crippen LogP contribution >= 0.6 is 0 Å². The number of carbonyl (C=O) groups is 1. The third-order valence-corrected chi connectivity index (χ3v) is 3.69. The molecule has 2 heteroatoms. The molecule has 1 fully saturated rings. The predicted molar refractivity (Wildman–Crippen MR) is 57.6 cm³/mol. The van der Waals surface area contributed by atoms with Gasteiger partial charge in [-0.3, -0.25) is 4.79 Å². The van der Waals surface area contributed by atoms with Crippen LogP contribution in [0.2, 0.25) is 0 Å². The van der Waals surface area contributed by atoms with Crippen LogP contribution in [0.3, 0.4) is 0 Å². The maximum Gasteiger partial charge on any atom is 0.307 e. The predicted octanol–water partition coefficient (Wildman–Crippen LogP) is 2.63. The van der Waals surface area contributed by atoms with Crippen molar-refractivity contribution in [3.05, 3.63) is 35.9 Å². The fourth-order valence-corrected chi connectivity index (χ4v) is 2.43. The van der Waals surface area contributed by atoms with Gasteiger partial charge < -0.3 is 5.11 Å². The maximum absolute atomic E-state index is 11.1. The Bertz CT molecular complexity index is 352. The topological polar surface area (TPSA) is 37.3 Å². The van der Waals surface area contributed by atoms with Gasteiger partial charge in [-0.1, -0.05) is 37.6 Å². The molecule has 1 aromatic carbocycles. The van der Waals surface area contributed by atoms with Crippen molar-refractivity contribution in [1.82, 2.24) is 0 Å². The number of carboxylic acids is 1. The van der Waals surface area contributed by atoms with Crippen LogP contribution in [0.15, 0.2) is 24.3 Å². The minimum Gasteiger partial charge on any atom is -0.481 e. The zero-order valence-corrected chi connectivity index (χ0v) is 8.86. The zero-order valence-electron chi connectivity index (χ0n) is 8.86. The van der Waals surface area contributed by atoms with Crippen LogP contribution in [0.25, 0.3) is 0 Å². The molecule has 2 nitrogen and oxygen atoms in total. The van der Waals surface area contributed by atoms with Gasteiger partial charge in [0.05, 0.1) is 5.92 Å². The van der Waals surface area contributed by atoms with E-state index in [0.29, 0.717) is 0 Å². The molecule has 0 amide bonds. The summed E-state index contributed by atoms with van der Waals surface area (Å²) in [6.45, 7) is 1.81. The van der Waals surface area contributed by atoms with E-state index < -0.39 is 5.97 Å². The molecule has 1 saturated carbocycles. The summed E-state index contributed by atoms with van der Waals surface area (Å²) >= 11 is 0. The van der Waals surface area contributed by atoms with Gasteiger partial charge in [0.1, 0.15) is 0 Å². The Morgan fingerprint density at radius 3 is 2.67 bits per heavy atom. The van der Waals surface area contributed by atoms with Gasteiger partial charge in [0.2, 0.25) is 0 Å². The van der Waals surface area contributed by atoms with Gasteiger partial charge in [0.25, 0.3) is 0 Å². The summed E-state index contributed by atoms with van der Waals surface area (Å²) in [5.74, 6) is -1.02. The lowest BCUT2D eigenvalue weighted by Crippen LogP contribution is -2.44. The molecule has 2 rings (SSSR count). The molecule has 0 saturated heterocycles. The van der Waals surface area contributed by atoms with E-state index in [4.69, 9.17) is 5.11 Å². The normalized spacial score (nSPS) is 20.3. The van der Waals surface area contributed by atoms with Crippen molar-refractivity contribution >= 4 is 5.97 Å². The highest BCUT2D eigenvalue weighted by Gasteiger charge is 2.46. The second-order valence-corrected chi connectivity index (χ2v) is 4.35. The van der Waals surface area contributed by atoms with Crippen LogP contribution in [0.1, 0.15) is 31.7 Å². The standard InChI is InChI=1S/C13H15O2/c1-10(12(14)15)13(8-5-9-13)11-6-3-2-4-7-11/h2-4,6,10H,5,8-9H2,1H3,(H,14,15). The number of hydrogen-bond acceptors (Lipinski definition) is 1. The van der Waals surface area contributed by atoms with Crippen LogP contribution < -0.4 is 0 Å². The first-order valence-electron chi connectivity index (χ1n) is 5.37. The van der Waals surface area contributed by atoms with E-state index in [1.165, 1.54) is 0 Å². The Morgan fingerprint density at radius 2 is 2.27 bits per heavy atom. The second kappa shape index (κ2) is 3.69. The van der Waals surface area contributed by atoms with E-state index in [1.807, 2.05) is 31.2 Å². The number of benzene rings is 1. The summed E-state index contributed by atoms with van der Waals surface area (Å²) in [5, 5.41) is 9.13. The molecule has 15 heavy (non-hydrogen) atoms. The average Bonchev–Trinajstić information content (AvgIpc) is 2.17. The summed E-state index contributed by atoms with van der Waals surface area (Å²) in [5.41, 5.74) is 0.902. The average molecular weight is 203 g/mol. The van der Waals surface area contributed by atoms with Gasteiger partial charge >= 0.3 is 5.97 Å². The van der Waals surface area contributed by atoms with E-state index in [0.717, 1.165) is 24.8 Å². The minimum atomic E-state index is -0.702. The molecular formula is C13H15O2. The van der Waals surface area contributed by atoms with E-state index in [2.05, 4.69) is 6.07 Å². The summed E-state index contributed by atoms with van der Waals surface area (Å²) in [6, 6.07) is 10.9. The summed E-state index contributed by atoms with van der Waals surface area (Å²) in [4.78, 5) is 11.1. The summed E-state index contributed by atoms with van der Waals surface area (Å²) < 4.78 is 0. The highest BCUT2D eigenvalue weighted by molar-refractivity contribution is 5.72. The first kappa shape index (κ1) is 10.2. The van der Waals surface area contributed by atoms with Crippen LogP contribution in [0.4, 0.5) is 0 Å². The SMILES string of the molecule is CC(C(=O)O)C1(c2[c]cccc2)CCC1. The van der Waals surface area contributed by atoms with Crippen molar-refractivity contribution in [2.45, 2.75) is 31.6 Å². The van der Waals surface area contributed by atoms with Gasteiger partial charge in [0, 0.05) is 5.41 Å². The maximum atomic E-state index is 11.1. The summed E-state index contributed by atoms with van der Waals surface area (Å²) in [7, 11) is 0. The molecule has 1 atom stereocenters. The molecule has 1 radical (unpaired) electrons. The smallest absolute Gasteiger partial charge is 0.307 e. The second-order valence-electron chi connectivity index (χ2n) is 4.35. The largest absolute Gasteiger partial charge is 0.481 e. The number of rotatable bonds is 3. The Morgan fingerprint density at radius 1 is 1.53 bits per heavy atom. The fraction of sp³-hybridized carbons (Fsp3) is 0.462. The molecule has 0 aromatic heterocycles. The molecule has 0 bridgehead atoms. The molecule has 0 spiro atoms. The quantitative estimate of drug-likeness (QED) is 0.820. The first-order chi connectivity index (χ1) is 7.17. The number of carboxylic acid groups (broad SMARTS) is 1. The van der Waals surface area contributed by atoms with Crippen LogP contribution in [-0.4, -0.2) is 11.1 Å². The highest BCUT2D eigenvalue weighted by Crippen LogP contribution is 2.49. The number of hydrogen-bond donors (Lipinski definition) is 1. The molecule has 1 aliphatic carbocycles. The first-order valence-corrected chi connectivity index (χ1v) is 5.37. The lowest BCUT2D eigenvalue weighted by Gasteiger charge is -2.45. The van der Waals surface area contributed by atoms with Gasteiger partial charge in [-0.25, -0.2) is 0 Å². The number of aliphatic carboxylic acids is 1. The molecule has 0 aliphatic heterocycles. The Labute approximate surface area is 89.9 Å². The third kappa shape index (κ3) is 1.54. The van der Waals surface area contributed by atoms with E-state index in [1.54, 1.807) is 0 Å². The van der Waals surface area contributed by atoms with E-state index in [9.17, 15) is 4.79 Å². The molecule has 1 unspecified atom stereocenters. The van der Waals surface area contributed by atoms with Crippen molar-refractivity contribution in [2.24, 2.45) is 5.92 Å². The van der Waals surface area contributed by atoms with Crippen LogP contribution in [0.5, 0.6) is 0 Å². The molecule has 1 aliphatic rings. The van der Waals surface area contributed by atoms with E-state index >= 15 is 0 Å². The third-order valence-electron chi connectivity index (χ3n) is 3.69. The molecule has 1 aromatic rings. The monoisotopic (exact) mass is 203 g/mol. The van der Waals surface area contributed by atoms with Gasteiger partial charge in [-0.05, 0) is 24.5 Å². The zero-order chi connectivity index (χ0) is 10.9. The van der Waals surface area contributed by atoms with Crippen molar-refractivity contribution in [2.75, 3.05) is 0 Å². The van der Waals surface area contributed by atoms with Crippen molar-refractivity contribution in [3.8, 4) is 0 Å². The van der Waals surface area contributed by atoms with Crippen molar-refractivity contribution in [3.63, 3.8) is 0 Å². The Hall–Kier alpha value is -1.31. The van der Waals surface area contributed by atoms with Crippen LogP contribution in [-0.2, 0) is 10.2 Å². The molecular weight excluding hydrogens is 188 g/mol. The molecule has 1 N–H and O–H groups in total. The molecule has 0 heterocycles. The van der Waals surface area contributed by atoms with Gasteiger partial charge in [0.15, 0.2) is 0 Å². The van der Waals surface area contributed by atoms with E-state index in [-0.39, 0.29) is 11.3 Å².